The van der Waals surface area contributed by atoms with Crippen LogP contribution in [0.25, 0.3) is 11.5 Å². The Morgan fingerprint density at radius 2 is 1.92 bits per heavy atom. The number of benzene rings is 2. The number of rotatable bonds is 5. The zero-order valence-corrected chi connectivity index (χ0v) is 12.8. The summed E-state index contributed by atoms with van der Waals surface area (Å²) in [6.45, 7) is 0. The van der Waals surface area contributed by atoms with Crippen LogP contribution in [0.3, 0.4) is 0 Å². The zero-order valence-electron chi connectivity index (χ0n) is 12.8. The van der Waals surface area contributed by atoms with Gasteiger partial charge in [-0.3, -0.25) is 4.79 Å². The number of carbonyl (C=O) groups is 1. The standard InChI is InChI=1S/C18H14N4O2/c19-11-13-6-4-12(5-7-13)10-17-21-22-18(24-17)15-3-1-2-14(8-15)9-16(20)23/h1-8H,9-10H2,(H2,20,23). The number of amides is 1. The molecule has 118 valence electrons. The molecule has 0 aliphatic rings. The molecule has 0 saturated heterocycles. The van der Waals surface area contributed by atoms with Crippen molar-refractivity contribution in [2.24, 2.45) is 5.73 Å². The first-order valence-electron chi connectivity index (χ1n) is 7.33. The fourth-order valence-corrected chi connectivity index (χ4v) is 2.33. The molecule has 0 aliphatic heterocycles. The SMILES string of the molecule is N#Cc1ccc(Cc2nnc(-c3cccc(CC(N)=O)c3)o2)cc1. The molecule has 2 aromatic carbocycles. The molecule has 0 radical (unpaired) electrons. The van der Waals surface area contributed by atoms with Crippen LogP contribution in [0.5, 0.6) is 0 Å². The lowest BCUT2D eigenvalue weighted by Crippen LogP contribution is -2.13. The molecule has 1 aromatic heterocycles. The number of nitrogens with two attached hydrogens (primary N) is 1. The molecule has 0 unspecified atom stereocenters. The van der Waals surface area contributed by atoms with Gasteiger partial charge in [0.15, 0.2) is 0 Å². The first kappa shape index (κ1) is 15.4. The molecule has 1 heterocycles. The molecule has 0 fully saturated rings. The summed E-state index contributed by atoms with van der Waals surface area (Å²) in [5.74, 6) is 0.485. The summed E-state index contributed by atoms with van der Waals surface area (Å²) in [5.41, 5.74) is 8.34. The number of carbonyl (C=O) groups excluding carboxylic acids is 1. The molecule has 0 bridgehead atoms. The normalized spacial score (nSPS) is 10.3. The van der Waals surface area contributed by atoms with Crippen molar-refractivity contribution in [3.63, 3.8) is 0 Å². The third-order valence-corrected chi connectivity index (χ3v) is 3.46. The lowest BCUT2D eigenvalue weighted by atomic mass is 10.1. The maximum absolute atomic E-state index is 11.0. The highest BCUT2D eigenvalue weighted by molar-refractivity contribution is 5.77. The van der Waals surface area contributed by atoms with Gasteiger partial charge >= 0.3 is 0 Å². The molecular weight excluding hydrogens is 304 g/mol. The molecule has 6 heteroatoms. The first-order valence-corrected chi connectivity index (χ1v) is 7.33. The Balaban J connectivity index is 1.77. The van der Waals surface area contributed by atoms with Crippen molar-refractivity contribution in [1.29, 1.82) is 5.26 Å². The summed E-state index contributed by atoms with van der Waals surface area (Å²) in [6.07, 6.45) is 0.653. The van der Waals surface area contributed by atoms with Crippen LogP contribution in [0, 0.1) is 11.3 Å². The molecule has 0 saturated carbocycles. The summed E-state index contributed by atoms with van der Waals surface area (Å²) in [6, 6.07) is 16.6. The van der Waals surface area contributed by atoms with Crippen LogP contribution in [0.2, 0.25) is 0 Å². The topological polar surface area (TPSA) is 106 Å². The van der Waals surface area contributed by atoms with Crippen molar-refractivity contribution in [2.75, 3.05) is 0 Å². The molecule has 3 aromatic rings. The highest BCUT2D eigenvalue weighted by Crippen LogP contribution is 2.20. The monoisotopic (exact) mass is 318 g/mol. The number of nitriles is 1. The predicted octanol–water partition coefficient (Wildman–Crippen LogP) is 2.23. The summed E-state index contributed by atoms with van der Waals surface area (Å²) in [4.78, 5) is 11.0. The van der Waals surface area contributed by atoms with E-state index in [1.54, 1.807) is 12.1 Å². The molecular formula is C18H14N4O2. The van der Waals surface area contributed by atoms with Gasteiger partial charge in [0, 0.05) is 5.56 Å². The van der Waals surface area contributed by atoms with E-state index in [9.17, 15) is 4.79 Å². The third kappa shape index (κ3) is 3.65. The molecule has 24 heavy (non-hydrogen) atoms. The first-order chi connectivity index (χ1) is 11.6. The third-order valence-electron chi connectivity index (χ3n) is 3.46. The summed E-state index contributed by atoms with van der Waals surface area (Å²) >= 11 is 0. The largest absolute Gasteiger partial charge is 0.420 e. The minimum atomic E-state index is -0.390. The van der Waals surface area contributed by atoms with Crippen molar-refractivity contribution in [3.8, 4) is 17.5 Å². The molecule has 1 amide bonds. The molecule has 0 atom stereocenters. The lowest BCUT2D eigenvalue weighted by molar-refractivity contribution is -0.117. The van der Waals surface area contributed by atoms with Gasteiger partial charge in [-0.2, -0.15) is 5.26 Å². The number of nitrogens with zero attached hydrogens (tertiary/aromatic N) is 3. The van der Waals surface area contributed by atoms with E-state index in [-0.39, 0.29) is 12.3 Å². The summed E-state index contributed by atoms with van der Waals surface area (Å²) in [7, 11) is 0. The highest BCUT2D eigenvalue weighted by atomic mass is 16.4. The van der Waals surface area contributed by atoms with Gasteiger partial charge in [-0.15, -0.1) is 10.2 Å². The Morgan fingerprint density at radius 1 is 1.12 bits per heavy atom. The molecule has 2 N–H and O–H groups in total. The maximum atomic E-state index is 11.0. The quantitative estimate of drug-likeness (QED) is 0.776. The van der Waals surface area contributed by atoms with Gasteiger partial charge in [0.25, 0.3) is 0 Å². The Kier molecular flexibility index (Phi) is 4.34. The van der Waals surface area contributed by atoms with E-state index in [1.807, 2.05) is 36.4 Å². The van der Waals surface area contributed by atoms with E-state index in [0.29, 0.717) is 23.8 Å². The fraction of sp³-hybridized carbons (Fsp3) is 0.111. The van der Waals surface area contributed by atoms with Crippen LogP contribution in [-0.2, 0) is 17.6 Å². The average Bonchev–Trinajstić information content (AvgIpc) is 3.04. The van der Waals surface area contributed by atoms with Gasteiger partial charge in [0.1, 0.15) is 0 Å². The Morgan fingerprint density at radius 3 is 2.62 bits per heavy atom. The highest BCUT2D eigenvalue weighted by Gasteiger charge is 2.10. The van der Waals surface area contributed by atoms with Crippen molar-refractivity contribution < 1.29 is 9.21 Å². The van der Waals surface area contributed by atoms with Crippen LogP contribution in [-0.4, -0.2) is 16.1 Å². The van der Waals surface area contributed by atoms with Crippen molar-refractivity contribution in [3.05, 3.63) is 71.1 Å². The summed E-state index contributed by atoms with van der Waals surface area (Å²) < 4.78 is 5.69. The number of aromatic nitrogens is 2. The van der Waals surface area contributed by atoms with E-state index < -0.39 is 0 Å². The minimum Gasteiger partial charge on any atom is -0.420 e. The van der Waals surface area contributed by atoms with Gasteiger partial charge in [-0.1, -0.05) is 24.3 Å². The van der Waals surface area contributed by atoms with Crippen molar-refractivity contribution >= 4 is 5.91 Å². The van der Waals surface area contributed by atoms with Gasteiger partial charge in [0.05, 0.1) is 24.5 Å². The van der Waals surface area contributed by atoms with Crippen LogP contribution < -0.4 is 5.73 Å². The van der Waals surface area contributed by atoms with Gasteiger partial charge in [-0.25, -0.2) is 0 Å². The second kappa shape index (κ2) is 6.75. The molecule has 0 aliphatic carbocycles. The van der Waals surface area contributed by atoms with Crippen molar-refractivity contribution in [2.45, 2.75) is 12.8 Å². The molecule has 0 spiro atoms. The van der Waals surface area contributed by atoms with E-state index >= 15 is 0 Å². The van der Waals surface area contributed by atoms with Crippen LogP contribution in [0.15, 0.2) is 52.9 Å². The Bertz CT molecular complexity index is 907. The second-order valence-corrected chi connectivity index (χ2v) is 5.33. The van der Waals surface area contributed by atoms with Gasteiger partial charge in [0.2, 0.25) is 17.7 Å². The lowest BCUT2D eigenvalue weighted by Gasteiger charge is -2.00. The number of hydrogen-bond acceptors (Lipinski definition) is 5. The average molecular weight is 318 g/mol. The Hall–Kier alpha value is -3.46. The smallest absolute Gasteiger partial charge is 0.247 e. The van der Waals surface area contributed by atoms with E-state index in [4.69, 9.17) is 15.4 Å². The second-order valence-electron chi connectivity index (χ2n) is 5.33. The minimum absolute atomic E-state index is 0.167. The van der Waals surface area contributed by atoms with E-state index in [2.05, 4.69) is 16.3 Å². The fourth-order valence-electron chi connectivity index (χ4n) is 2.33. The predicted molar refractivity (Wildman–Crippen MR) is 86.6 cm³/mol. The van der Waals surface area contributed by atoms with Crippen molar-refractivity contribution in [1.82, 2.24) is 10.2 Å². The Labute approximate surface area is 138 Å². The van der Waals surface area contributed by atoms with Crippen LogP contribution in [0.1, 0.15) is 22.6 Å². The van der Waals surface area contributed by atoms with E-state index in [0.717, 1.165) is 16.7 Å². The van der Waals surface area contributed by atoms with Crippen LogP contribution in [0.4, 0.5) is 0 Å². The van der Waals surface area contributed by atoms with Gasteiger partial charge in [-0.05, 0) is 35.4 Å². The van der Waals surface area contributed by atoms with E-state index in [1.165, 1.54) is 0 Å². The summed E-state index contributed by atoms with van der Waals surface area (Å²) in [5, 5.41) is 16.9. The zero-order chi connectivity index (χ0) is 16.9. The molecule has 3 rings (SSSR count). The number of hydrogen-bond donors (Lipinski definition) is 1. The number of primary amides is 1. The van der Waals surface area contributed by atoms with Gasteiger partial charge < -0.3 is 10.2 Å². The molecule has 6 nitrogen and oxygen atoms in total. The van der Waals surface area contributed by atoms with Crippen LogP contribution >= 0.6 is 0 Å². The maximum Gasteiger partial charge on any atom is 0.247 e.